The van der Waals surface area contributed by atoms with Gasteiger partial charge in [-0.2, -0.15) is 17.0 Å². The van der Waals surface area contributed by atoms with E-state index in [-0.39, 0.29) is 6.54 Å². The summed E-state index contributed by atoms with van der Waals surface area (Å²) >= 11 is 1.73. The molecule has 13 heavy (non-hydrogen) atoms. The Morgan fingerprint density at radius 3 is 2.77 bits per heavy atom. The lowest BCUT2D eigenvalue weighted by Crippen LogP contribution is -2.49. The fraction of sp³-hybridized carbons (Fsp3) is 0.750. The molecule has 1 aliphatic rings. The van der Waals surface area contributed by atoms with Crippen LogP contribution in [-0.4, -0.2) is 34.7 Å². The van der Waals surface area contributed by atoms with Crippen LogP contribution in [0.25, 0.3) is 0 Å². The Hall–Kier alpha value is -0.730. The number of rotatable bonds is 2. The average Bonchev–Trinajstić information content (AvgIpc) is 2.15. The SMILES string of the molecule is N#CCNC(=O)C1(O)CCSCC1. The van der Waals surface area contributed by atoms with E-state index >= 15 is 0 Å². The highest BCUT2D eigenvalue weighted by molar-refractivity contribution is 7.99. The van der Waals surface area contributed by atoms with Crippen molar-refractivity contribution in [2.75, 3.05) is 18.1 Å². The van der Waals surface area contributed by atoms with Gasteiger partial charge in [-0.25, -0.2) is 0 Å². The molecule has 1 fully saturated rings. The van der Waals surface area contributed by atoms with Gasteiger partial charge in [-0.15, -0.1) is 0 Å². The number of amides is 1. The third-order valence-electron chi connectivity index (χ3n) is 2.07. The van der Waals surface area contributed by atoms with E-state index in [1.807, 2.05) is 0 Å². The molecule has 1 amide bonds. The van der Waals surface area contributed by atoms with Crippen LogP contribution in [0.4, 0.5) is 0 Å². The van der Waals surface area contributed by atoms with Gasteiger partial charge in [-0.05, 0) is 24.3 Å². The van der Waals surface area contributed by atoms with E-state index in [0.29, 0.717) is 12.8 Å². The molecule has 0 saturated carbocycles. The van der Waals surface area contributed by atoms with Crippen LogP contribution in [0.3, 0.4) is 0 Å². The largest absolute Gasteiger partial charge is 0.380 e. The third kappa shape index (κ3) is 2.61. The Bertz CT molecular complexity index is 231. The molecule has 1 heterocycles. The standard InChI is InChI=1S/C8H12N2O2S/c9-3-4-10-7(11)8(12)1-5-13-6-2-8/h12H,1-2,4-6H2,(H,10,11). The fourth-order valence-corrected chi connectivity index (χ4v) is 2.39. The van der Waals surface area contributed by atoms with Crippen molar-refractivity contribution in [3.63, 3.8) is 0 Å². The van der Waals surface area contributed by atoms with Gasteiger partial charge in [0.15, 0.2) is 0 Å². The number of nitrogens with zero attached hydrogens (tertiary/aromatic N) is 1. The number of carbonyl (C=O) groups is 1. The fourth-order valence-electron chi connectivity index (χ4n) is 1.22. The highest BCUT2D eigenvalue weighted by atomic mass is 32.2. The first kappa shape index (κ1) is 10.4. The van der Waals surface area contributed by atoms with Crippen molar-refractivity contribution in [2.24, 2.45) is 0 Å². The molecular weight excluding hydrogens is 188 g/mol. The summed E-state index contributed by atoms with van der Waals surface area (Å²) in [5, 5.41) is 20.5. The second-order valence-electron chi connectivity index (χ2n) is 2.98. The van der Waals surface area contributed by atoms with Crippen molar-refractivity contribution in [3.05, 3.63) is 0 Å². The molecule has 1 aliphatic heterocycles. The summed E-state index contributed by atoms with van der Waals surface area (Å²) in [7, 11) is 0. The molecule has 0 aliphatic carbocycles. The first-order chi connectivity index (χ1) is 6.19. The molecule has 5 heteroatoms. The molecule has 1 rings (SSSR count). The summed E-state index contributed by atoms with van der Waals surface area (Å²) in [6, 6.07) is 1.81. The Labute approximate surface area is 81.3 Å². The van der Waals surface area contributed by atoms with Crippen LogP contribution in [0, 0.1) is 11.3 Å². The molecule has 0 unspecified atom stereocenters. The summed E-state index contributed by atoms with van der Waals surface area (Å²) in [4.78, 5) is 11.4. The first-order valence-electron chi connectivity index (χ1n) is 4.14. The Morgan fingerprint density at radius 1 is 1.62 bits per heavy atom. The maximum absolute atomic E-state index is 11.4. The number of hydrogen-bond acceptors (Lipinski definition) is 4. The van der Waals surface area contributed by atoms with Crippen molar-refractivity contribution in [3.8, 4) is 6.07 Å². The lowest BCUT2D eigenvalue weighted by Gasteiger charge is -2.29. The minimum atomic E-state index is -1.23. The molecular formula is C8H12N2O2S. The number of hydrogen-bond donors (Lipinski definition) is 2. The van der Waals surface area contributed by atoms with Crippen LogP contribution in [0.1, 0.15) is 12.8 Å². The molecule has 0 atom stereocenters. The highest BCUT2D eigenvalue weighted by Crippen LogP contribution is 2.26. The summed E-state index contributed by atoms with van der Waals surface area (Å²) in [6.07, 6.45) is 0.962. The van der Waals surface area contributed by atoms with Crippen LogP contribution >= 0.6 is 11.8 Å². The molecule has 72 valence electrons. The molecule has 0 radical (unpaired) electrons. The maximum Gasteiger partial charge on any atom is 0.252 e. The van der Waals surface area contributed by atoms with E-state index in [1.165, 1.54) is 0 Å². The van der Waals surface area contributed by atoms with E-state index < -0.39 is 11.5 Å². The summed E-state index contributed by atoms with van der Waals surface area (Å²) in [5.41, 5.74) is -1.23. The van der Waals surface area contributed by atoms with Gasteiger partial charge >= 0.3 is 0 Å². The van der Waals surface area contributed by atoms with Crippen LogP contribution in [-0.2, 0) is 4.79 Å². The maximum atomic E-state index is 11.4. The van der Waals surface area contributed by atoms with Gasteiger partial charge < -0.3 is 10.4 Å². The summed E-state index contributed by atoms with van der Waals surface area (Å²) in [5.74, 6) is 1.20. The Morgan fingerprint density at radius 2 is 2.23 bits per heavy atom. The van der Waals surface area contributed by atoms with Gasteiger partial charge in [0.25, 0.3) is 5.91 Å². The second kappa shape index (κ2) is 4.49. The molecule has 2 N–H and O–H groups in total. The minimum absolute atomic E-state index is 0.0334. The van der Waals surface area contributed by atoms with Crippen molar-refractivity contribution >= 4 is 17.7 Å². The molecule has 0 bridgehead atoms. The first-order valence-corrected chi connectivity index (χ1v) is 5.30. The van der Waals surface area contributed by atoms with E-state index in [9.17, 15) is 9.90 Å². The van der Waals surface area contributed by atoms with Gasteiger partial charge in [0.05, 0.1) is 6.07 Å². The number of thioether (sulfide) groups is 1. The topological polar surface area (TPSA) is 73.1 Å². The third-order valence-corrected chi connectivity index (χ3v) is 3.06. The van der Waals surface area contributed by atoms with E-state index in [0.717, 1.165) is 11.5 Å². The number of nitrogens with one attached hydrogen (secondary N) is 1. The Kier molecular flexibility index (Phi) is 3.58. The molecule has 1 saturated heterocycles. The quantitative estimate of drug-likeness (QED) is 0.610. The molecule has 0 aromatic heterocycles. The van der Waals surface area contributed by atoms with E-state index in [1.54, 1.807) is 17.8 Å². The van der Waals surface area contributed by atoms with Crippen LogP contribution in [0.15, 0.2) is 0 Å². The predicted octanol–water partition coefficient (Wildman–Crippen LogP) is -0.116. The number of carbonyl (C=O) groups excluding carboxylic acids is 1. The number of aliphatic hydroxyl groups is 1. The van der Waals surface area contributed by atoms with Crippen molar-refractivity contribution < 1.29 is 9.90 Å². The molecule has 0 aromatic carbocycles. The van der Waals surface area contributed by atoms with Crippen LogP contribution in [0.5, 0.6) is 0 Å². The normalized spacial score (nSPS) is 20.3. The molecule has 0 aromatic rings. The van der Waals surface area contributed by atoms with Gasteiger partial charge in [-0.1, -0.05) is 0 Å². The van der Waals surface area contributed by atoms with Crippen LogP contribution < -0.4 is 5.32 Å². The monoisotopic (exact) mass is 200 g/mol. The summed E-state index contributed by atoms with van der Waals surface area (Å²) < 4.78 is 0. The van der Waals surface area contributed by atoms with Gasteiger partial charge in [0.2, 0.25) is 0 Å². The van der Waals surface area contributed by atoms with Gasteiger partial charge in [-0.3, -0.25) is 4.79 Å². The predicted molar refractivity (Wildman–Crippen MR) is 50.1 cm³/mol. The lowest BCUT2D eigenvalue weighted by atomic mass is 9.96. The van der Waals surface area contributed by atoms with Gasteiger partial charge in [0.1, 0.15) is 12.1 Å². The van der Waals surface area contributed by atoms with Crippen molar-refractivity contribution in [1.29, 1.82) is 5.26 Å². The highest BCUT2D eigenvalue weighted by Gasteiger charge is 2.36. The van der Waals surface area contributed by atoms with Crippen molar-refractivity contribution in [2.45, 2.75) is 18.4 Å². The Balaban J connectivity index is 2.47. The van der Waals surface area contributed by atoms with E-state index in [2.05, 4.69) is 5.32 Å². The zero-order chi connectivity index (χ0) is 9.73. The summed E-state index contributed by atoms with van der Waals surface area (Å²) in [6.45, 7) is -0.0334. The zero-order valence-corrected chi connectivity index (χ0v) is 8.06. The van der Waals surface area contributed by atoms with Gasteiger partial charge in [0, 0.05) is 0 Å². The molecule has 4 nitrogen and oxygen atoms in total. The average molecular weight is 200 g/mol. The second-order valence-corrected chi connectivity index (χ2v) is 4.21. The zero-order valence-electron chi connectivity index (χ0n) is 7.25. The number of nitriles is 1. The van der Waals surface area contributed by atoms with E-state index in [4.69, 9.17) is 5.26 Å². The van der Waals surface area contributed by atoms with Crippen molar-refractivity contribution in [1.82, 2.24) is 5.32 Å². The smallest absolute Gasteiger partial charge is 0.252 e. The minimum Gasteiger partial charge on any atom is -0.380 e. The van der Waals surface area contributed by atoms with Crippen LogP contribution in [0.2, 0.25) is 0 Å². The molecule has 0 spiro atoms. The lowest BCUT2D eigenvalue weighted by molar-refractivity contribution is -0.140.